The molecule has 6 heteroatoms. The van der Waals surface area contributed by atoms with Gasteiger partial charge in [-0.25, -0.2) is 9.88 Å². The number of amidine groups is 1. The van der Waals surface area contributed by atoms with Crippen LogP contribution in [0.3, 0.4) is 0 Å². The molecule has 152 valence electrons. The minimum Gasteiger partial charge on any atom is -1.00 e. The third kappa shape index (κ3) is 3.32. The molecule has 6 rings (SSSR count). The molecule has 5 nitrogen and oxygen atoms in total. The van der Waals surface area contributed by atoms with Gasteiger partial charge in [0.25, 0.3) is 0 Å². The van der Waals surface area contributed by atoms with Crippen molar-refractivity contribution >= 4 is 28.7 Å². The summed E-state index contributed by atoms with van der Waals surface area (Å²) in [6, 6.07) is 20.7. The lowest BCUT2D eigenvalue weighted by atomic mass is 9.81. The minimum atomic E-state index is 0. The van der Waals surface area contributed by atoms with E-state index in [0.717, 1.165) is 49.9 Å². The Kier molecular flexibility index (Phi) is 4.85. The lowest BCUT2D eigenvalue weighted by molar-refractivity contribution is -0.689. The number of hydrogen-bond donors (Lipinski definition) is 1. The summed E-state index contributed by atoms with van der Waals surface area (Å²) in [7, 11) is 0. The van der Waals surface area contributed by atoms with E-state index in [4.69, 9.17) is 9.98 Å². The van der Waals surface area contributed by atoms with Crippen molar-refractivity contribution in [3.05, 3.63) is 90.0 Å². The van der Waals surface area contributed by atoms with Crippen LogP contribution in [0.5, 0.6) is 0 Å². The fourth-order valence-electron chi connectivity index (χ4n) is 4.29. The molecule has 3 aliphatic rings. The van der Waals surface area contributed by atoms with Gasteiger partial charge in [-0.3, -0.25) is 9.79 Å². The maximum atomic E-state index is 11.5. The standard InChI is InChI=1S/C25H18N4O.ClH/c30-20-12-19(13-20)24-23-15-26-10-11-29(23)25(28-24)18-7-6-17-8-9-21(27-22(17)14-18)16-4-2-1-3-5-16;/h1-11,14-15,19H,12-13H2;1H. The van der Waals surface area contributed by atoms with Gasteiger partial charge in [-0.1, -0.05) is 42.5 Å². The molecule has 1 saturated carbocycles. The van der Waals surface area contributed by atoms with Gasteiger partial charge in [-0.05, 0) is 18.2 Å². The van der Waals surface area contributed by atoms with Crippen LogP contribution in [0.15, 0.2) is 94.4 Å². The molecule has 3 heterocycles. The van der Waals surface area contributed by atoms with Crippen LogP contribution < -0.4 is 17.3 Å². The topological polar surface area (TPSA) is 59.1 Å². The monoisotopic (exact) mass is 426 g/mol. The zero-order valence-electron chi connectivity index (χ0n) is 16.6. The summed E-state index contributed by atoms with van der Waals surface area (Å²) in [5, 5.41) is 1.10. The number of ketones is 1. The van der Waals surface area contributed by atoms with Crippen LogP contribution in [-0.2, 0) is 4.79 Å². The molecular weight excluding hydrogens is 408 g/mol. The summed E-state index contributed by atoms with van der Waals surface area (Å²) in [6.45, 7) is 0. The molecule has 0 radical (unpaired) electrons. The average Bonchev–Trinajstić information content (AvgIpc) is 3.16. The first-order valence-corrected chi connectivity index (χ1v) is 10.1. The molecular formula is C25H19ClN4O. The molecule has 1 atom stereocenters. The van der Waals surface area contributed by atoms with E-state index in [1.165, 1.54) is 0 Å². The van der Waals surface area contributed by atoms with Crippen molar-refractivity contribution in [3.63, 3.8) is 0 Å². The van der Waals surface area contributed by atoms with E-state index < -0.39 is 0 Å². The Morgan fingerprint density at radius 1 is 0.935 bits per heavy atom. The number of nitrogens with one attached hydrogen (secondary N) is 1. The quantitative estimate of drug-likeness (QED) is 0.655. The number of aliphatic imine (C=N–C) groups is 2. The second kappa shape index (κ2) is 7.69. The van der Waals surface area contributed by atoms with Gasteiger partial charge in [0.2, 0.25) is 5.84 Å². The lowest BCUT2D eigenvalue weighted by Crippen LogP contribution is -3.08. The number of carbonyl (C=O) groups is 1. The van der Waals surface area contributed by atoms with Gasteiger partial charge in [-0.2, -0.15) is 4.99 Å². The molecule has 2 aromatic carbocycles. The zero-order chi connectivity index (χ0) is 20.1. The van der Waals surface area contributed by atoms with Crippen molar-refractivity contribution in [1.82, 2.24) is 4.98 Å². The molecule has 0 spiro atoms. The summed E-state index contributed by atoms with van der Waals surface area (Å²) in [6.07, 6.45) is 6.85. The van der Waals surface area contributed by atoms with Crippen molar-refractivity contribution < 1.29 is 22.1 Å². The first-order chi connectivity index (χ1) is 14.8. The summed E-state index contributed by atoms with van der Waals surface area (Å²) in [5.41, 5.74) is 6.09. The van der Waals surface area contributed by atoms with Gasteiger partial charge in [0.05, 0.1) is 29.2 Å². The molecule has 1 fully saturated rings. The highest BCUT2D eigenvalue weighted by molar-refractivity contribution is 6.01. The second-order valence-corrected chi connectivity index (χ2v) is 7.88. The predicted molar refractivity (Wildman–Crippen MR) is 117 cm³/mol. The molecule has 1 aliphatic carbocycles. The maximum Gasteiger partial charge on any atom is 0.243 e. The van der Waals surface area contributed by atoms with Gasteiger partial charge in [0.1, 0.15) is 17.7 Å². The average molecular weight is 427 g/mol. The first-order valence-electron chi connectivity index (χ1n) is 10.1. The van der Waals surface area contributed by atoms with Crippen LogP contribution in [0.25, 0.3) is 22.2 Å². The van der Waals surface area contributed by atoms with E-state index in [9.17, 15) is 4.79 Å². The van der Waals surface area contributed by atoms with Crippen LogP contribution in [-0.4, -0.2) is 22.8 Å². The number of nitrogens with zero attached hydrogens (tertiary/aromatic N) is 3. The van der Waals surface area contributed by atoms with Crippen LogP contribution in [0.4, 0.5) is 0 Å². The fraction of sp³-hybridized carbons (Fsp3) is 0.120. The molecule has 3 aromatic rings. The van der Waals surface area contributed by atoms with Gasteiger partial charge >= 0.3 is 0 Å². The number of carbonyl (C=O) groups excluding carboxylic acids is 1. The highest BCUT2D eigenvalue weighted by Crippen LogP contribution is 2.34. The number of fused-ring (bicyclic) bond motifs is 2. The van der Waals surface area contributed by atoms with Crippen molar-refractivity contribution in [3.8, 4) is 11.3 Å². The number of allylic oxidation sites excluding steroid dienone is 2. The van der Waals surface area contributed by atoms with Gasteiger partial charge < -0.3 is 12.4 Å². The van der Waals surface area contributed by atoms with Crippen molar-refractivity contribution in [2.45, 2.75) is 12.8 Å². The zero-order valence-corrected chi connectivity index (χ0v) is 17.4. The number of rotatable bonds is 3. The molecule has 31 heavy (non-hydrogen) atoms. The van der Waals surface area contributed by atoms with E-state index in [-0.39, 0.29) is 18.3 Å². The third-order valence-electron chi connectivity index (χ3n) is 5.95. The highest BCUT2D eigenvalue weighted by atomic mass is 35.5. The lowest BCUT2D eigenvalue weighted by Gasteiger charge is -2.23. The smallest absolute Gasteiger partial charge is 0.243 e. The van der Waals surface area contributed by atoms with E-state index in [2.05, 4.69) is 47.5 Å². The molecule has 0 amide bonds. The molecule has 1 unspecified atom stereocenters. The van der Waals surface area contributed by atoms with Gasteiger partial charge in [0, 0.05) is 29.7 Å². The summed E-state index contributed by atoms with van der Waals surface area (Å²) in [5.74, 6) is 1.46. The molecule has 0 bridgehead atoms. The Labute approximate surface area is 186 Å². The molecule has 1 N–H and O–H groups in total. The summed E-state index contributed by atoms with van der Waals surface area (Å²) in [4.78, 5) is 26.8. The third-order valence-corrected chi connectivity index (χ3v) is 5.95. The fourth-order valence-corrected chi connectivity index (χ4v) is 4.29. The number of Topliss-reactive ketones (excluding diaryl/α,β-unsaturated/α-hetero) is 1. The van der Waals surface area contributed by atoms with Crippen molar-refractivity contribution in [2.75, 3.05) is 0 Å². The number of hydrogen-bond acceptors (Lipinski definition) is 4. The number of aromatic nitrogens is 1. The number of quaternary nitrogens is 1. The summed E-state index contributed by atoms with van der Waals surface area (Å²) < 4.78 is 0. The van der Waals surface area contributed by atoms with E-state index in [1.807, 2.05) is 30.6 Å². The van der Waals surface area contributed by atoms with E-state index in [0.29, 0.717) is 18.6 Å². The second-order valence-electron chi connectivity index (χ2n) is 7.88. The SMILES string of the molecule is O=C1CC(C2=C3C=NC=C[NH+]3C(c3ccc4ccc(-c5ccccc5)nc4c3)=N2)C1.[Cl-]. The van der Waals surface area contributed by atoms with E-state index >= 15 is 0 Å². The Morgan fingerprint density at radius 2 is 1.74 bits per heavy atom. The summed E-state index contributed by atoms with van der Waals surface area (Å²) >= 11 is 0. The van der Waals surface area contributed by atoms with Crippen LogP contribution >= 0.6 is 0 Å². The number of pyridine rings is 1. The van der Waals surface area contributed by atoms with Crippen LogP contribution in [0.1, 0.15) is 18.4 Å². The molecule has 0 saturated heterocycles. The molecule has 2 aliphatic heterocycles. The predicted octanol–water partition coefficient (Wildman–Crippen LogP) is 0.297. The van der Waals surface area contributed by atoms with Crippen molar-refractivity contribution in [1.29, 1.82) is 0 Å². The van der Waals surface area contributed by atoms with Crippen molar-refractivity contribution in [2.24, 2.45) is 15.9 Å². The number of halogens is 1. The van der Waals surface area contributed by atoms with E-state index in [1.54, 1.807) is 6.20 Å². The normalized spacial score (nSPS) is 19.8. The maximum absolute atomic E-state index is 11.5. The number of benzene rings is 2. The Bertz CT molecular complexity index is 1320. The minimum absolute atomic E-state index is 0. The largest absolute Gasteiger partial charge is 1.00 e. The molecule has 1 aromatic heterocycles. The Balaban J connectivity index is 0.00000204. The van der Waals surface area contributed by atoms with Crippen LogP contribution in [0.2, 0.25) is 0 Å². The highest BCUT2D eigenvalue weighted by Gasteiger charge is 2.40. The Morgan fingerprint density at radius 3 is 2.55 bits per heavy atom. The van der Waals surface area contributed by atoms with Gasteiger partial charge in [0.15, 0.2) is 5.70 Å². The van der Waals surface area contributed by atoms with Crippen LogP contribution in [0, 0.1) is 5.92 Å². The van der Waals surface area contributed by atoms with Gasteiger partial charge in [-0.15, -0.1) is 0 Å². The first kappa shape index (κ1) is 19.5. The Hall–Kier alpha value is -3.41.